The second-order valence-electron chi connectivity index (χ2n) is 10.1. The lowest BCUT2D eigenvalue weighted by Crippen LogP contribution is -2.52. The lowest BCUT2D eigenvalue weighted by atomic mass is 9.47. The Morgan fingerprint density at radius 1 is 1.04 bits per heavy atom. The Bertz CT molecular complexity index is 556. The molecule has 5 aliphatic carbocycles. The van der Waals surface area contributed by atoms with Crippen molar-refractivity contribution in [3.8, 4) is 0 Å². The average molecular weight is 331 g/mol. The second-order valence-corrected chi connectivity index (χ2v) is 10.1. The fourth-order valence-electron chi connectivity index (χ4n) is 9.06. The highest BCUT2D eigenvalue weighted by Gasteiger charge is 2.77. The monoisotopic (exact) mass is 330 g/mol. The van der Waals surface area contributed by atoms with E-state index in [4.69, 9.17) is 0 Å². The second kappa shape index (κ2) is 5.09. The largest absolute Gasteiger partial charge is 0.393 e. The van der Waals surface area contributed by atoms with Gasteiger partial charge in [0.05, 0.1) is 6.10 Å². The Hall–Kier alpha value is -0.370. The Morgan fingerprint density at radius 3 is 2.58 bits per heavy atom. The molecule has 0 aliphatic heterocycles. The van der Waals surface area contributed by atoms with Crippen LogP contribution in [0.1, 0.15) is 78.1 Å². The Kier molecular flexibility index (Phi) is 3.36. The number of hydrogen-bond acceptors (Lipinski definition) is 2. The van der Waals surface area contributed by atoms with Gasteiger partial charge in [-0.15, -0.1) is 0 Å². The van der Waals surface area contributed by atoms with Crippen LogP contribution in [0.15, 0.2) is 0 Å². The number of carbonyl (C=O) groups excluding carboxylic acids is 1. The zero-order valence-electron chi connectivity index (χ0n) is 15.5. The first-order valence-corrected chi connectivity index (χ1v) is 10.7. The van der Waals surface area contributed by atoms with Gasteiger partial charge in [0, 0.05) is 5.41 Å². The van der Waals surface area contributed by atoms with Crippen molar-refractivity contribution in [2.24, 2.45) is 46.3 Å². The summed E-state index contributed by atoms with van der Waals surface area (Å²) in [5.74, 6) is 5.54. The van der Waals surface area contributed by atoms with E-state index in [2.05, 4.69) is 6.92 Å². The number of rotatable bonds is 2. The molecule has 1 N–H and O–H groups in total. The molecule has 5 rings (SSSR count). The van der Waals surface area contributed by atoms with Gasteiger partial charge < -0.3 is 5.11 Å². The number of aliphatic hydroxyl groups is 1. The summed E-state index contributed by atoms with van der Waals surface area (Å²) in [6.07, 6.45) is 12.5. The van der Waals surface area contributed by atoms with Crippen molar-refractivity contribution in [3.63, 3.8) is 0 Å². The van der Waals surface area contributed by atoms with E-state index in [1.807, 2.05) is 6.92 Å². The van der Waals surface area contributed by atoms with Crippen LogP contribution in [0.2, 0.25) is 0 Å². The molecule has 2 nitrogen and oxygen atoms in total. The van der Waals surface area contributed by atoms with Gasteiger partial charge in [-0.25, -0.2) is 0 Å². The van der Waals surface area contributed by atoms with Crippen LogP contribution >= 0.6 is 0 Å². The van der Waals surface area contributed by atoms with E-state index in [0.717, 1.165) is 48.3 Å². The quantitative estimate of drug-likeness (QED) is 0.803. The molecule has 0 bridgehead atoms. The Balaban J connectivity index is 1.45. The summed E-state index contributed by atoms with van der Waals surface area (Å²) in [6, 6.07) is 0. The van der Waals surface area contributed by atoms with Crippen LogP contribution in [0.3, 0.4) is 0 Å². The topological polar surface area (TPSA) is 37.3 Å². The van der Waals surface area contributed by atoms with Crippen molar-refractivity contribution in [2.75, 3.05) is 0 Å². The van der Waals surface area contributed by atoms with Gasteiger partial charge in [0.2, 0.25) is 0 Å². The van der Waals surface area contributed by atoms with Gasteiger partial charge in [0.1, 0.15) is 5.78 Å². The van der Waals surface area contributed by atoms with Gasteiger partial charge in [-0.2, -0.15) is 0 Å². The first-order valence-electron chi connectivity index (χ1n) is 10.7. The minimum Gasteiger partial charge on any atom is -0.393 e. The molecular formula is C22H34O2. The van der Waals surface area contributed by atoms with E-state index in [9.17, 15) is 9.90 Å². The molecule has 2 heteroatoms. The molecule has 5 aliphatic rings. The van der Waals surface area contributed by atoms with Gasteiger partial charge >= 0.3 is 0 Å². The zero-order chi connectivity index (χ0) is 16.7. The predicted octanol–water partition coefficient (Wildman–Crippen LogP) is 4.60. The molecule has 0 heterocycles. The summed E-state index contributed by atoms with van der Waals surface area (Å²) < 4.78 is 0. The molecule has 0 spiro atoms. The number of Topliss-reactive ketones (excluding diaryl/α,β-unsaturated/α-hetero) is 1. The molecular weight excluding hydrogens is 296 g/mol. The van der Waals surface area contributed by atoms with Crippen molar-refractivity contribution in [3.05, 3.63) is 0 Å². The Morgan fingerprint density at radius 2 is 1.83 bits per heavy atom. The van der Waals surface area contributed by atoms with E-state index >= 15 is 0 Å². The minimum absolute atomic E-state index is 0.0266. The third-order valence-corrected chi connectivity index (χ3v) is 9.93. The van der Waals surface area contributed by atoms with Crippen molar-refractivity contribution in [1.29, 1.82) is 0 Å². The van der Waals surface area contributed by atoms with E-state index in [1.165, 1.54) is 51.4 Å². The van der Waals surface area contributed by atoms with Crippen LogP contribution in [0.4, 0.5) is 0 Å². The van der Waals surface area contributed by atoms with Crippen LogP contribution in [0.25, 0.3) is 0 Å². The van der Waals surface area contributed by atoms with E-state index in [-0.39, 0.29) is 11.5 Å². The van der Waals surface area contributed by atoms with Crippen molar-refractivity contribution in [2.45, 2.75) is 84.2 Å². The summed E-state index contributed by atoms with van der Waals surface area (Å²) in [4.78, 5) is 12.6. The number of fused-ring (bicyclic) bond motifs is 7. The minimum atomic E-state index is -0.0266. The molecule has 1 unspecified atom stereocenters. The molecule has 134 valence electrons. The van der Waals surface area contributed by atoms with Crippen molar-refractivity contribution >= 4 is 5.78 Å². The summed E-state index contributed by atoms with van der Waals surface area (Å²) in [5, 5.41) is 10.1. The van der Waals surface area contributed by atoms with Gasteiger partial charge in [-0.05, 0) is 112 Å². The van der Waals surface area contributed by atoms with E-state index < -0.39 is 0 Å². The van der Waals surface area contributed by atoms with Crippen molar-refractivity contribution < 1.29 is 9.90 Å². The molecule has 0 amide bonds. The molecule has 24 heavy (non-hydrogen) atoms. The number of hydrogen-bond donors (Lipinski definition) is 1. The lowest BCUT2D eigenvalue weighted by molar-refractivity contribution is -0.137. The SMILES string of the molecule is CC[C@]12CC[C@H]3[C@@H](CC[C@@H]4C[C@@H](O)CC[C@@H]43)[C@@H]1CC1C[C@]12C(C)=O. The van der Waals surface area contributed by atoms with Crippen molar-refractivity contribution in [1.82, 2.24) is 0 Å². The van der Waals surface area contributed by atoms with Gasteiger partial charge in [-0.3, -0.25) is 4.79 Å². The van der Waals surface area contributed by atoms with Crippen LogP contribution in [0, 0.1) is 46.3 Å². The van der Waals surface area contributed by atoms with Crippen LogP contribution in [-0.4, -0.2) is 17.0 Å². The summed E-state index contributed by atoms with van der Waals surface area (Å²) in [7, 11) is 0. The molecule has 0 aromatic heterocycles. The molecule has 9 atom stereocenters. The molecule has 5 fully saturated rings. The van der Waals surface area contributed by atoms with Crippen LogP contribution in [0.5, 0.6) is 0 Å². The average Bonchev–Trinajstić information content (AvgIpc) is 3.24. The maximum absolute atomic E-state index is 12.6. The summed E-state index contributed by atoms with van der Waals surface area (Å²) in [5.41, 5.74) is 0.447. The maximum Gasteiger partial charge on any atom is 0.136 e. The number of ketones is 1. The van der Waals surface area contributed by atoms with Gasteiger partial charge in [0.25, 0.3) is 0 Å². The highest BCUT2D eigenvalue weighted by atomic mass is 16.3. The normalized spacial score (nSPS) is 58.2. The zero-order valence-corrected chi connectivity index (χ0v) is 15.5. The summed E-state index contributed by atoms with van der Waals surface area (Å²) >= 11 is 0. The number of aliphatic hydroxyl groups excluding tert-OH is 1. The molecule has 0 aromatic carbocycles. The standard InChI is InChI=1S/C22H34O2/c1-3-21-9-8-18-17-7-5-16(24)10-14(17)4-6-19(18)20(21)11-15-12-22(15,21)13(2)23/h14-20,24H,3-12H2,1-2H3/t14-,15?,16+,17+,18-,19-,20+,21+,22+/m1/s1. The molecule has 0 saturated heterocycles. The summed E-state index contributed by atoms with van der Waals surface area (Å²) in [6.45, 7) is 4.27. The Labute approximate surface area is 146 Å². The van der Waals surface area contributed by atoms with E-state index in [0.29, 0.717) is 11.2 Å². The van der Waals surface area contributed by atoms with E-state index in [1.54, 1.807) is 0 Å². The lowest BCUT2D eigenvalue weighted by Gasteiger charge is -2.58. The third-order valence-electron chi connectivity index (χ3n) is 9.93. The molecule has 0 aromatic rings. The predicted molar refractivity (Wildman–Crippen MR) is 94.3 cm³/mol. The van der Waals surface area contributed by atoms with Gasteiger partial charge in [0.15, 0.2) is 0 Å². The third kappa shape index (κ3) is 1.75. The fraction of sp³-hybridized carbons (Fsp3) is 0.955. The molecule has 0 radical (unpaired) electrons. The fourth-order valence-corrected chi connectivity index (χ4v) is 9.06. The highest BCUT2D eigenvalue weighted by molar-refractivity contribution is 5.87. The van der Waals surface area contributed by atoms with Crippen LogP contribution < -0.4 is 0 Å². The van der Waals surface area contributed by atoms with Crippen LogP contribution in [-0.2, 0) is 4.79 Å². The highest BCUT2D eigenvalue weighted by Crippen LogP contribution is 2.81. The number of carbonyl (C=O) groups is 1. The smallest absolute Gasteiger partial charge is 0.136 e. The first kappa shape index (κ1) is 15.9. The van der Waals surface area contributed by atoms with Gasteiger partial charge in [-0.1, -0.05) is 6.92 Å². The molecule has 5 saturated carbocycles. The maximum atomic E-state index is 12.6. The first-order chi connectivity index (χ1) is 11.5.